The zero-order valence-corrected chi connectivity index (χ0v) is 24.7. The highest BCUT2D eigenvalue weighted by molar-refractivity contribution is 9.11. The second kappa shape index (κ2) is 14.1. The number of para-hydroxylation sites is 1. The number of fused-ring (bicyclic) bond motifs is 1. The summed E-state index contributed by atoms with van der Waals surface area (Å²) < 4.78 is 13.5. The van der Waals surface area contributed by atoms with Crippen LogP contribution in [0.3, 0.4) is 0 Å². The quantitative estimate of drug-likeness (QED) is 0.236. The molecule has 38 heavy (non-hydrogen) atoms. The Morgan fingerprint density at radius 2 is 1.84 bits per heavy atom. The van der Waals surface area contributed by atoms with Crippen molar-refractivity contribution in [2.45, 2.75) is 82.9 Å². The van der Waals surface area contributed by atoms with E-state index >= 15 is 0 Å². The van der Waals surface area contributed by atoms with Gasteiger partial charge in [0.25, 0.3) is 0 Å². The van der Waals surface area contributed by atoms with E-state index in [-0.39, 0.29) is 30.6 Å². The van der Waals surface area contributed by atoms with Crippen LogP contribution in [-0.4, -0.2) is 62.9 Å². The van der Waals surface area contributed by atoms with E-state index in [2.05, 4.69) is 44.9 Å². The summed E-state index contributed by atoms with van der Waals surface area (Å²) in [6.45, 7) is 3.90. The molecule has 0 heterocycles. The first-order chi connectivity index (χ1) is 18.0. The van der Waals surface area contributed by atoms with Crippen molar-refractivity contribution in [3.05, 3.63) is 50.9 Å². The van der Waals surface area contributed by atoms with Crippen molar-refractivity contribution in [2.75, 3.05) is 0 Å². The summed E-state index contributed by atoms with van der Waals surface area (Å²) in [5.74, 6) is -1.15. The van der Waals surface area contributed by atoms with E-state index in [4.69, 9.17) is 14.6 Å². The third-order valence-electron chi connectivity index (χ3n) is 7.24. The molecule has 2 aliphatic rings. The fourth-order valence-electron chi connectivity index (χ4n) is 5.35. The molecular formula is C28H36Br2O8. The van der Waals surface area contributed by atoms with E-state index in [9.17, 15) is 24.9 Å². The highest BCUT2D eigenvalue weighted by atomic mass is 79.9. The molecule has 8 nitrogen and oxygen atoms in total. The van der Waals surface area contributed by atoms with Gasteiger partial charge < -0.3 is 29.9 Å². The van der Waals surface area contributed by atoms with Gasteiger partial charge >= 0.3 is 11.9 Å². The van der Waals surface area contributed by atoms with Crippen LogP contribution in [0.4, 0.5) is 0 Å². The number of carboxylic acid groups (broad SMARTS) is 1. The molecule has 0 radical (unpaired) electrons. The van der Waals surface area contributed by atoms with E-state index in [0.29, 0.717) is 34.0 Å². The second-order valence-electron chi connectivity index (χ2n) is 10.1. The number of carboxylic acids is 1. The van der Waals surface area contributed by atoms with Crippen LogP contribution in [0, 0.1) is 17.8 Å². The standard InChI is InChI=1S/C28H36Br2O8/c1-3-23(37-27-21(29)5-4-6-22(27)30)28(36)38-24-13-18(32)11-16-8-7-15(2)20(26(16)24)10-9-17(31)12-19(33)14-25(34)35/h4-8,11,15,17-20,23-24,26,31-33H,3,9-10,12-14H2,1-2H3,(H,34,35). The number of allylic oxidation sites excluding steroid dienone is 2. The molecule has 3 rings (SSSR count). The number of esters is 1. The fourth-order valence-corrected chi connectivity index (χ4v) is 6.53. The summed E-state index contributed by atoms with van der Waals surface area (Å²) in [4.78, 5) is 24.1. The Labute approximate surface area is 240 Å². The average Bonchev–Trinajstić information content (AvgIpc) is 2.82. The minimum atomic E-state index is -1.11. The van der Waals surface area contributed by atoms with Gasteiger partial charge in [-0.05, 0) is 87.1 Å². The third-order valence-corrected chi connectivity index (χ3v) is 8.49. The Morgan fingerprint density at radius 3 is 2.47 bits per heavy atom. The Balaban J connectivity index is 1.73. The summed E-state index contributed by atoms with van der Waals surface area (Å²) in [6.07, 6.45) is 2.82. The number of hydrogen-bond donors (Lipinski definition) is 4. The first-order valence-corrected chi connectivity index (χ1v) is 14.6. The molecule has 210 valence electrons. The van der Waals surface area contributed by atoms with Crippen LogP contribution < -0.4 is 4.74 Å². The van der Waals surface area contributed by atoms with Crippen molar-refractivity contribution in [3.8, 4) is 5.75 Å². The first-order valence-electron chi connectivity index (χ1n) is 13.0. The van der Waals surface area contributed by atoms with Crippen LogP contribution in [0.5, 0.6) is 5.75 Å². The molecule has 0 fully saturated rings. The van der Waals surface area contributed by atoms with Crippen molar-refractivity contribution >= 4 is 43.8 Å². The van der Waals surface area contributed by atoms with Crippen LogP contribution in [0.1, 0.15) is 52.4 Å². The summed E-state index contributed by atoms with van der Waals surface area (Å²) in [7, 11) is 0. The molecule has 10 heteroatoms. The summed E-state index contributed by atoms with van der Waals surface area (Å²) in [5, 5.41) is 39.7. The van der Waals surface area contributed by atoms with Gasteiger partial charge in [-0.2, -0.15) is 0 Å². The van der Waals surface area contributed by atoms with Crippen molar-refractivity contribution in [3.63, 3.8) is 0 Å². The molecule has 4 N–H and O–H groups in total. The van der Waals surface area contributed by atoms with Crippen molar-refractivity contribution < 1.29 is 39.5 Å². The van der Waals surface area contributed by atoms with Gasteiger partial charge in [-0.25, -0.2) is 4.79 Å². The lowest BCUT2D eigenvalue weighted by atomic mass is 9.66. The van der Waals surface area contributed by atoms with Gasteiger partial charge in [0.05, 0.1) is 33.7 Å². The number of carbonyl (C=O) groups is 2. The molecule has 0 spiro atoms. The number of halogens is 2. The zero-order valence-electron chi connectivity index (χ0n) is 21.5. The van der Waals surface area contributed by atoms with E-state index in [0.717, 1.165) is 5.57 Å². The molecule has 1 aromatic rings. The smallest absolute Gasteiger partial charge is 0.347 e. The van der Waals surface area contributed by atoms with Crippen LogP contribution in [0.2, 0.25) is 0 Å². The molecule has 8 atom stereocenters. The Hall–Kier alpha value is -1.72. The molecule has 0 saturated heterocycles. The number of hydrogen-bond acceptors (Lipinski definition) is 7. The number of aliphatic carboxylic acids is 1. The van der Waals surface area contributed by atoms with E-state index in [1.807, 2.05) is 31.2 Å². The SMILES string of the molecule is CCC(Oc1c(Br)cccc1Br)C(=O)OC1CC(O)C=C2C=CC(C)C(CCC(O)CC(O)CC(=O)O)C21. The number of ether oxygens (including phenoxy) is 2. The van der Waals surface area contributed by atoms with Crippen LogP contribution in [0.25, 0.3) is 0 Å². The summed E-state index contributed by atoms with van der Waals surface area (Å²) in [6, 6.07) is 5.49. The fraction of sp³-hybridized carbons (Fsp3) is 0.571. The molecule has 0 saturated carbocycles. The number of rotatable bonds is 12. The van der Waals surface area contributed by atoms with Gasteiger partial charge in [0.2, 0.25) is 0 Å². The number of carbonyl (C=O) groups excluding carboxylic acids is 1. The maximum absolute atomic E-state index is 13.3. The van der Waals surface area contributed by atoms with Crippen LogP contribution in [0.15, 0.2) is 50.9 Å². The van der Waals surface area contributed by atoms with Crippen LogP contribution >= 0.6 is 31.9 Å². The van der Waals surface area contributed by atoms with Gasteiger partial charge in [-0.1, -0.05) is 38.1 Å². The lowest BCUT2D eigenvalue weighted by Crippen LogP contribution is -2.44. The van der Waals surface area contributed by atoms with Gasteiger partial charge in [-0.15, -0.1) is 0 Å². The minimum absolute atomic E-state index is 0.0150. The molecule has 0 amide bonds. The summed E-state index contributed by atoms with van der Waals surface area (Å²) >= 11 is 6.91. The number of aliphatic hydroxyl groups is 3. The Morgan fingerprint density at radius 1 is 1.16 bits per heavy atom. The van der Waals surface area contributed by atoms with E-state index < -0.39 is 48.9 Å². The zero-order chi connectivity index (χ0) is 28.0. The summed E-state index contributed by atoms with van der Waals surface area (Å²) in [5.41, 5.74) is 0.896. The molecular weight excluding hydrogens is 624 g/mol. The number of benzene rings is 1. The topological polar surface area (TPSA) is 134 Å². The molecule has 0 aromatic heterocycles. The van der Waals surface area contributed by atoms with Crippen molar-refractivity contribution in [1.29, 1.82) is 0 Å². The van der Waals surface area contributed by atoms with Gasteiger partial charge in [-0.3, -0.25) is 4.79 Å². The highest BCUT2D eigenvalue weighted by Gasteiger charge is 2.42. The lowest BCUT2D eigenvalue weighted by Gasteiger charge is -2.43. The third kappa shape index (κ3) is 8.14. The second-order valence-corrected chi connectivity index (χ2v) is 11.8. The van der Waals surface area contributed by atoms with Crippen molar-refractivity contribution in [2.24, 2.45) is 17.8 Å². The van der Waals surface area contributed by atoms with E-state index in [1.54, 1.807) is 6.08 Å². The highest BCUT2D eigenvalue weighted by Crippen LogP contribution is 2.44. The van der Waals surface area contributed by atoms with Crippen LogP contribution in [-0.2, 0) is 14.3 Å². The van der Waals surface area contributed by atoms with E-state index in [1.165, 1.54) is 0 Å². The predicted octanol–water partition coefficient (Wildman–Crippen LogP) is 4.78. The Kier molecular flexibility index (Phi) is 11.4. The van der Waals surface area contributed by atoms with Gasteiger partial charge in [0, 0.05) is 12.3 Å². The predicted molar refractivity (Wildman–Crippen MR) is 149 cm³/mol. The maximum atomic E-state index is 13.3. The van der Waals surface area contributed by atoms with Gasteiger partial charge in [0.15, 0.2) is 6.10 Å². The van der Waals surface area contributed by atoms with Gasteiger partial charge in [0.1, 0.15) is 11.9 Å². The number of aliphatic hydroxyl groups excluding tert-OH is 3. The normalized spacial score (nSPS) is 27.0. The Bertz CT molecular complexity index is 1020. The molecule has 2 aliphatic carbocycles. The average molecular weight is 660 g/mol. The monoisotopic (exact) mass is 658 g/mol. The maximum Gasteiger partial charge on any atom is 0.347 e. The molecule has 0 bridgehead atoms. The molecule has 1 aromatic carbocycles. The first kappa shape index (κ1) is 30.8. The minimum Gasteiger partial charge on any atom is -0.481 e. The van der Waals surface area contributed by atoms with Crippen molar-refractivity contribution in [1.82, 2.24) is 0 Å². The lowest BCUT2D eigenvalue weighted by molar-refractivity contribution is -0.163. The molecule has 0 aliphatic heterocycles. The molecule has 8 unspecified atom stereocenters. The largest absolute Gasteiger partial charge is 0.481 e.